The average Bonchev–Trinajstić information content (AvgIpc) is 2.08. The van der Waals surface area contributed by atoms with E-state index in [0.717, 1.165) is 5.56 Å². The van der Waals surface area contributed by atoms with Crippen molar-refractivity contribution in [1.82, 2.24) is 0 Å². The third-order valence-corrected chi connectivity index (χ3v) is 1.48. The molecule has 0 bridgehead atoms. The van der Waals surface area contributed by atoms with E-state index >= 15 is 0 Å². The molecule has 1 aromatic carbocycles. The van der Waals surface area contributed by atoms with E-state index in [2.05, 4.69) is 4.84 Å². The molecule has 0 aliphatic carbocycles. The van der Waals surface area contributed by atoms with Crippen LogP contribution < -0.4 is 10.6 Å². The van der Waals surface area contributed by atoms with Crippen LogP contribution in [-0.4, -0.2) is 11.4 Å². The van der Waals surface area contributed by atoms with Crippen molar-refractivity contribution in [1.29, 1.82) is 0 Å². The standard InChI is InChI=1S/C9H13NO3/c1-7(11)13-9-4-2-8(3-5-9)6-12-10/h2-5,7,11H,6,10H2,1H3. The highest BCUT2D eigenvalue weighted by Gasteiger charge is 1.98. The molecule has 1 rings (SSSR count). The SMILES string of the molecule is CC(O)Oc1ccc(CON)cc1. The number of aliphatic hydroxyl groups is 1. The summed E-state index contributed by atoms with van der Waals surface area (Å²) in [5.41, 5.74) is 0.959. The van der Waals surface area contributed by atoms with E-state index in [9.17, 15) is 0 Å². The lowest BCUT2D eigenvalue weighted by atomic mass is 10.2. The zero-order valence-electron chi connectivity index (χ0n) is 7.43. The van der Waals surface area contributed by atoms with Gasteiger partial charge >= 0.3 is 0 Å². The molecule has 0 aromatic heterocycles. The number of aliphatic hydroxyl groups excluding tert-OH is 1. The topological polar surface area (TPSA) is 64.7 Å². The maximum atomic E-state index is 8.91. The van der Waals surface area contributed by atoms with Gasteiger partial charge in [0.15, 0.2) is 6.29 Å². The summed E-state index contributed by atoms with van der Waals surface area (Å²) in [6.07, 6.45) is -0.795. The summed E-state index contributed by atoms with van der Waals surface area (Å²) in [6.45, 7) is 1.92. The van der Waals surface area contributed by atoms with Gasteiger partial charge in [0.05, 0.1) is 6.61 Å². The van der Waals surface area contributed by atoms with E-state index in [0.29, 0.717) is 12.4 Å². The predicted molar refractivity (Wildman–Crippen MR) is 47.7 cm³/mol. The first-order valence-electron chi connectivity index (χ1n) is 3.97. The first-order chi connectivity index (χ1) is 6.22. The van der Waals surface area contributed by atoms with E-state index in [1.54, 1.807) is 19.1 Å². The fraction of sp³-hybridized carbons (Fsp3) is 0.333. The van der Waals surface area contributed by atoms with Gasteiger partial charge in [-0.25, -0.2) is 5.90 Å². The molecular formula is C9H13NO3. The molecule has 3 N–H and O–H groups in total. The lowest BCUT2D eigenvalue weighted by Crippen LogP contribution is -2.09. The van der Waals surface area contributed by atoms with Crippen LogP contribution in [0.25, 0.3) is 0 Å². The van der Waals surface area contributed by atoms with E-state index in [1.165, 1.54) is 0 Å². The third-order valence-electron chi connectivity index (χ3n) is 1.48. The molecule has 0 aliphatic heterocycles. The van der Waals surface area contributed by atoms with Crippen molar-refractivity contribution in [2.75, 3.05) is 0 Å². The van der Waals surface area contributed by atoms with E-state index < -0.39 is 6.29 Å². The summed E-state index contributed by atoms with van der Waals surface area (Å²) in [7, 11) is 0. The van der Waals surface area contributed by atoms with Crippen molar-refractivity contribution in [3.8, 4) is 5.75 Å². The Hall–Kier alpha value is -1.10. The van der Waals surface area contributed by atoms with Crippen molar-refractivity contribution in [3.05, 3.63) is 29.8 Å². The molecule has 0 radical (unpaired) electrons. The Kier molecular flexibility index (Phi) is 3.70. The summed E-state index contributed by atoms with van der Waals surface area (Å²) in [5, 5.41) is 8.91. The van der Waals surface area contributed by atoms with Gasteiger partial charge in [-0.1, -0.05) is 12.1 Å². The van der Waals surface area contributed by atoms with Crippen molar-refractivity contribution in [2.45, 2.75) is 19.8 Å². The van der Waals surface area contributed by atoms with Crippen LogP contribution in [0.4, 0.5) is 0 Å². The number of ether oxygens (including phenoxy) is 1. The van der Waals surface area contributed by atoms with Gasteiger partial charge in [-0.15, -0.1) is 0 Å². The second-order valence-electron chi connectivity index (χ2n) is 2.67. The van der Waals surface area contributed by atoms with Crippen molar-refractivity contribution >= 4 is 0 Å². The fourth-order valence-corrected chi connectivity index (χ4v) is 0.957. The Morgan fingerprint density at radius 2 is 2.00 bits per heavy atom. The lowest BCUT2D eigenvalue weighted by molar-refractivity contribution is -0.000329. The van der Waals surface area contributed by atoms with Crippen LogP contribution in [0.2, 0.25) is 0 Å². The summed E-state index contributed by atoms with van der Waals surface area (Å²) >= 11 is 0. The molecule has 13 heavy (non-hydrogen) atoms. The molecule has 72 valence electrons. The van der Waals surface area contributed by atoms with E-state index in [4.69, 9.17) is 15.7 Å². The predicted octanol–water partition coefficient (Wildman–Crippen LogP) is 0.794. The molecule has 0 aliphatic rings. The van der Waals surface area contributed by atoms with Crippen molar-refractivity contribution < 1.29 is 14.7 Å². The highest BCUT2D eigenvalue weighted by Crippen LogP contribution is 2.13. The van der Waals surface area contributed by atoms with Gasteiger partial charge in [0, 0.05) is 0 Å². The van der Waals surface area contributed by atoms with Crippen molar-refractivity contribution in [2.24, 2.45) is 5.90 Å². The molecule has 0 amide bonds. The number of hydrogen-bond donors (Lipinski definition) is 2. The van der Waals surface area contributed by atoms with Crippen LogP contribution >= 0.6 is 0 Å². The van der Waals surface area contributed by atoms with Crippen molar-refractivity contribution in [3.63, 3.8) is 0 Å². The number of rotatable bonds is 4. The molecule has 0 heterocycles. The minimum atomic E-state index is -0.795. The number of nitrogens with two attached hydrogens (primary N) is 1. The molecule has 0 saturated carbocycles. The van der Waals surface area contributed by atoms with Crippen LogP contribution in [0.15, 0.2) is 24.3 Å². The van der Waals surface area contributed by atoms with Crippen LogP contribution in [0.3, 0.4) is 0 Å². The second kappa shape index (κ2) is 4.81. The van der Waals surface area contributed by atoms with Gasteiger partial charge in [0.2, 0.25) is 0 Å². The van der Waals surface area contributed by atoms with Crippen LogP contribution in [0.5, 0.6) is 5.75 Å². The Bertz CT molecular complexity index is 246. The Morgan fingerprint density at radius 1 is 1.38 bits per heavy atom. The molecule has 0 spiro atoms. The van der Waals surface area contributed by atoms with Gasteiger partial charge < -0.3 is 9.84 Å². The molecule has 4 heteroatoms. The second-order valence-corrected chi connectivity index (χ2v) is 2.67. The van der Waals surface area contributed by atoms with Gasteiger partial charge in [0.1, 0.15) is 5.75 Å². The monoisotopic (exact) mass is 183 g/mol. The molecule has 1 aromatic rings. The zero-order chi connectivity index (χ0) is 9.68. The first kappa shape index (κ1) is 9.98. The van der Waals surface area contributed by atoms with Gasteiger partial charge in [0.25, 0.3) is 0 Å². The Labute approximate surface area is 76.8 Å². The summed E-state index contributed by atoms with van der Waals surface area (Å²) in [5.74, 6) is 5.53. The molecule has 0 fully saturated rings. The summed E-state index contributed by atoms with van der Waals surface area (Å²) < 4.78 is 5.03. The lowest BCUT2D eigenvalue weighted by Gasteiger charge is -2.08. The Morgan fingerprint density at radius 3 is 2.46 bits per heavy atom. The quantitative estimate of drug-likeness (QED) is 0.535. The maximum absolute atomic E-state index is 8.91. The van der Waals surface area contributed by atoms with E-state index in [-0.39, 0.29) is 0 Å². The highest BCUT2D eigenvalue weighted by molar-refractivity contribution is 5.26. The zero-order valence-corrected chi connectivity index (χ0v) is 7.43. The van der Waals surface area contributed by atoms with Crippen LogP contribution in [-0.2, 0) is 11.4 Å². The van der Waals surface area contributed by atoms with Crippen LogP contribution in [0.1, 0.15) is 12.5 Å². The van der Waals surface area contributed by atoms with Gasteiger partial charge in [-0.05, 0) is 24.6 Å². The smallest absolute Gasteiger partial charge is 0.194 e. The molecule has 1 unspecified atom stereocenters. The number of hydrogen-bond acceptors (Lipinski definition) is 4. The maximum Gasteiger partial charge on any atom is 0.194 e. The molecular weight excluding hydrogens is 170 g/mol. The van der Waals surface area contributed by atoms with Gasteiger partial charge in [-0.2, -0.15) is 0 Å². The van der Waals surface area contributed by atoms with E-state index in [1.807, 2.05) is 12.1 Å². The third kappa shape index (κ3) is 3.42. The average molecular weight is 183 g/mol. The molecule has 1 atom stereocenters. The fourth-order valence-electron chi connectivity index (χ4n) is 0.957. The van der Waals surface area contributed by atoms with Gasteiger partial charge in [-0.3, -0.25) is 4.84 Å². The first-order valence-corrected chi connectivity index (χ1v) is 3.97. The normalized spacial score (nSPS) is 12.5. The number of benzene rings is 1. The summed E-state index contributed by atoms with van der Waals surface area (Å²) in [4.78, 5) is 4.46. The molecule has 4 nitrogen and oxygen atoms in total. The highest BCUT2D eigenvalue weighted by atomic mass is 16.6. The van der Waals surface area contributed by atoms with Crippen LogP contribution in [0, 0.1) is 0 Å². The minimum Gasteiger partial charge on any atom is -0.465 e. The molecule has 0 saturated heterocycles. The minimum absolute atomic E-state index is 0.370. The Balaban J connectivity index is 2.59. The summed E-state index contributed by atoms with van der Waals surface area (Å²) in [6, 6.07) is 7.15. The largest absolute Gasteiger partial charge is 0.465 e.